The van der Waals surface area contributed by atoms with Crippen LogP contribution in [0.15, 0.2) is 59.5 Å². The van der Waals surface area contributed by atoms with Gasteiger partial charge in [0.25, 0.3) is 5.91 Å². The maximum absolute atomic E-state index is 12.8. The fourth-order valence-corrected chi connectivity index (χ4v) is 3.50. The lowest BCUT2D eigenvalue weighted by Gasteiger charge is -2.09. The van der Waals surface area contributed by atoms with E-state index in [1.54, 1.807) is 6.07 Å². The molecule has 0 unspecified atom stereocenters. The number of amides is 1. The van der Waals surface area contributed by atoms with E-state index in [-0.39, 0.29) is 22.8 Å². The van der Waals surface area contributed by atoms with Crippen molar-refractivity contribution in [3.63, 3.8) is 0 Å². The van der Waals surface area contributed by atoms with Crippen LogP contribution in [0.25, 0.3) is 0 Å². The van der Waals surface area contributed by atoms with Crippen LogP contribution in [0.3, 0.4) is 0 Å². The van der Waals surface area contributed by atoms with Crippen LogP contribution >= 0.6 is 11.3 Å². The molecule has 1 N–H and O–H groups in total. The van der Waals surface area contributed by atoms with Gasteiger partial charge in [-0.25, -0.2) is 0 Å². The molecule has 5 nitrogen and oxygen atoms in total. The van der Waals surface area contributed by atoms with Crippen LogP contribution in [-0.4, -0.2) is 17.6 Å². The van der Waals surface area contributed by atoms with Gasteiger partial charge < -0.3 is 14.6 Å². The van der Waals surface area contributed by atoms with Crippen molar-refractivity contribution in [3.8, 4) is 5.75 Å². The van der Waals surface area contributed by atoms with Gasteiger partial charge in [-0.2, -0.15) is 13.2 Å². The van der Waals surface area contributed by atoms with E-state index < -0.39 is 17.6 Å². The molecule has 0 saturated heterocycles. The third kappa shape index (κ3) is 5.05. The van der Waals surface area contributed by atoms with Crippen molar-refractivity contribution in [1.82, 2.24) is 9.88 Å². The highest BCUT2D eigenvalue weighted by Crippen LogP contribution is 2.29. The summed E-state index contributed by atoms with van der Waals surface area (Å²) >= 11 is 0.772. The minimum Gasteiger partial charge on any atom is -0.496 e. The topological polar surface area (TPSA) is 60.3 Å². The lowest BCUT2D eigenvalue weighted by Crippen LogP contribution is -2.22. The zero-order valence-electron chi connectivity index (χ0n) is 15.3. The number of thiazole rings is 1. The molecule has 0 radical (unpaired) electrons. The first-order valence-corrected chi connectivity index (χ1v) is 9.36. The molecule has 0 spiro atoms. The van der Waals surface area contributed by atoms with Crippen LogP contribution in [0.4, 0.5) is 13.2 Å². The van der Waals surface area contributed by atoms with Crippen molar-refractivity contribution in [2.75, 3.05) is 7.11 Å². The van der Waals surface area contributed by atoms with Gasteiger partial charge in [0, 0.05) is 18.3 Å². The number of methoxy groups -OCH3 is 1. The van der Waals surface area contributed by atoms with Gasteiger partial charge in [-0.1, -0.05) is 41.7 Å². The number of alkyl halides is 3. The number of nitrogens with one attached hydrogen (secondary N) is 1. The normalized spacial score (nSPS) is 11.3. The van der Waals surface area contributed by atoms with Crippen molar-refractivity contribution in [2.24, 2.45) is 0 Å². The lowest BCUT2D eigenvalue weighted by atomic mass is 10.1. The molecule has 0 saturated carbocycles. The fraction of sp³-hybridized carbons (Fsp3) is 0.200. The summed E-state index contributed by atoms with van der Waals surface area (Å²) in [5.74, 6) is 0.101. The second-order valence-corrected chi connectivity index (χ2v) is 7.18. The number of halogens is 3. The van der Waals surface area contributed by atoms with E-state index in [0.29, 0.717) is 11.3 Å². The number of nitrogens with zero attached hydrogens (tertiary/aromatic N) is 1. The Kier molecular flexibility index (Phi) is 6.07. The first-order chi connectivity index (χ1) is 13.8. The molecule has 29 heavy (non-hydrogen) atoms. The SMILES string of the molecule is COc1ccccc1Cn1cc(C(=O)NCc2cccc(C(F)(F)F)c2)sc1=O. The van der Waals surface area contributed by atoms with Crippen LogP contribution in [0, 0.1) is 0 Å². The summed E-state index contributed by atoms with van der Waals surface area (Å²) in [4.78, 5) is 24.4. The van der Waals surface area contributed by atoms with Gasteiger partial charge >= 0.3 is 11.0 Å². The number of para-hydroxylation sites is 1. The van der Waals surface area contributed by atoms with E-state index in [4.69, 9.17) is 4.74 Å². The summed E-state index contributed by atoms with van der Waals surface area (Å²) in [5.41, 5.74) is 0.316. The summed E-state index contributed by atoms with van der Waals surface area (Å²) in [6.45, 7) is 0.154. The number of rotatable bonds is 6. The van der Waals surface area contributed by atoms with Crippen molar-refractivity contribution >= 4 is 17.2 Å². The van der Waals surface area contributed by atoms with Crippen LogP contribution in [0.5, 0.6) is 5.75 Å². The van der Waals surface area contributed by atoms with Gasteiger partial charge in [-0.05, 0) is 23.8 Å². The summed E-state index contributed by atoms with van der Waals surface area (Å²) in [6.07, 6.45) is -3.02. The van der Waals surface area contributed by atoms with Gasteiger partial charge in [-0.3, -0.25) is 9.59 Å². The number of aromatic nitrogens is 1. The molecule has 152 valence electrons. The molecular weight excluding hydrogens is 405 g/mol. The van der Waals surface area contributed by atoms with Crippen LogP contribution in [0.1, 0.15) is 26.4 Å². The molecule has 0 atom stereocenters. The van der Waals surface area contributed by atoms with E-state index in [9.17, 15) is 22.8 Å². The van der Waals surface area contributed by atoms with Crippen molar-refractivity contribution in [3.05, 3.63) is 86.0 Å². The van der Waals surface area contributed by atoms with Crippen molar-refractivity contribution in [2.45, 2.75) is 19.3 Å². The zero-order chi connectivity index (χ0) is 21.0. The van der Waals surface area contributed by atoms with Crippen LogP contribution in [0.2, 0.25) is 0 Å². The Morgan fingerprint density at radius 3 is 2.66 bits per heavy atom. The number of carbonyl (C=O) groups is 1. The maximum Gasteiger partial charge on any atom is 0.416 e. The molecule has 0 aliphatic carbocycles. The highest BCUT2D eigenvalue weighted by atomic mass is 32.1. The highest BCUT2D eigenvalue weighted by Gasteiger charge is 2.30. The molecule has 3 aromatic rings. The van der Waals surface area contributed by atoms with Gasteiger partial charge in [0.2, 0.25) is 0 Å². The molecule has 9 heteroatoms. The minimum atomic E-state index is -4.45. The predicted octanol–water partition coefficient (Wildman–Crippen LogP) is 3.92. The standard InChI is InChI=1S/C20H17F3N2O3S/c1-28-16-8-3-2-6-14(16)11-25-12-17(29-19(25)27)18(26)24-10-13-5-4-7-15(9-13)20(21,22)23/h2-9,12H,10-11H2,1H3,(H,24,26). The fourth-order valence-electron chi connectivity index (χ4n) is 2.73. The second-order valence-electron chi connectivity index (χ2n) is 6.18. The first kappa shape index (κ1) is 20.7. The number of hydrogen-bond acceptors (Lipinski definition) is 4. The number of hydrogen-bond donors (Lipinski definition) is 1. The summed E-state index contributed by atoms with van der Waals surface area (Å²) < 4.78 is 45.0. The van der Waals surface area contributed by atoms with Gasteiger partial charge in [-0.15, -0.1) is 0 Å². The van der Waals surface area contributed by atoms with Crippen LogP contribution < -0.4 is 14.9 Å². The van der Waals surface area contributed by atoms with E-state index in [1.807, 2.05) is 18.2 Å². The number of benzene rings is 2. The first-order valence-electron chi connectivity index (χ1n) is 8.54. The molecule has 0 aliphatic rings. The second kappa shape index (κ2) is 8.52. The lowest BCUT2D eigenvalue weighted by molar-refractivity contribution is -0.137. The molecule has 1 amide bonds. The largest absolute Gasteiger partial charge is 0.496 e. The maximum atomic E-state index is 12.8. The highest BCUT2D eigenvalue weighted by molar-refractivity contribution is 7.11. The molecule has 2 aromatic carbocycles. The zero-order valence-corrected chi connectivity index (χ0v) is 16.1. The third-order valence-corrected chi connectivity index (χ3v) is 5.09. The van der Waals surface area contributed by atoms with Gasteiger partial charge in [0.15, 0.2) is 0 Å². The van der Waals surface area contributed by atoms with E-state index in [0.717, 1.165) is 29.0 Å². The number of carbonyl (C=O) groups excluding carboxylic acids is 1. The molecule has 0 fully saturated rings. The molecule has 0 bridgehead atoms. The molecule has 3 rings (SSSR count). The smallest absolute Gasteiger partial charge is 0.416 e. The Hall–Kier alpha value is -3.07. The third-order valence-electron chi connectivity index (χ3n) is 4.17. The average molecular weight is 422 g/mol. The molecular formula is C20H17F3N2O3S. The monoisotopic (exact) mass is 422 g/mol. The Balaban J connectivity index is 1.70. The van der Waals surface area contributed by atoms with Crippen LogP contribution in [-0.2, 0) is 19.3 Å². The van der Waals surface area contributed by atoms with Crippen molar-refractivity contribution in [1.29, 1.82) is 0 Å². The molecule has 0 aliphatic heterocycles. The van der Waals surface area contributed by atoms with E-state index in [1.165, 1.54) is 30.0 Å². The summed E-state index contributed by atoms with van der Waals surface area (Å²) in [6, 6.07) is 11.9. The minimum absolute atomic E-state index is 0.0820. The Morgan fingerprint density at radius 2 is 1.93 bits per heavy atom. The van der Waals surface area contributed by atoms with Gasteiger partial charge in [0.05, 0.1) is 19.2 Å². The average Bonchev–Trinajstić information content (AvgIpc) is 3.06. The molecule has 1 heterocycles. The Morgan fingerprint density at radius 1 is 1.17 bits per heavy atom. The van der Waals surface area contributed by atoms with Gasteiger partial charge in [0.1, 0.15) is 10.6 Å². The summed E-state index contributed by atoms with van der Waals surface area (Å²) in [5, 5.41) is 2.55. The quantitative estimate of drug-likeness (QED) is 0.655. The summed E-state index contributed by atoms with van der Waals surface area (Å²) in [7, 11) is 1.53. The van der Waals surface area contributed by atoms with E-state index >= 15 is 0 Å². The number of ether oxygens (including phenoxy) is 1. The predicted molar refractivity (Wildman–Crippen MR) is 103 cm³/mol. The Labute approximate surface area is 168 Å². The van der Waals surface area contributed by atoms with Crippen molar-refractivity contribution < 1.29 is 22.7 Å². The molecule has 1 aromatic heterocycles. The van der Waals surface area contributed by atoms with E-state index in [2.05, 4.69) is 5.32 Å². The Bertz CT molecular complexity index is 1070.